The Bertz CT molecular complexity index is 1510. The highest BCUT2D eigenvalue weighted by Crippen LogP contribution is 2.37. The molecular weight excluding hydrogens is 513 g/mol. The van der Waals surface area contributed by atoms with Crippen molar-refractivity contribution in [1.82, 2.24) is 24.5 Å². The summed E-state index contributed by atoms with van der Waals surface area (Å²) in [5, 5.41) is 16.7. The summed E-state index contributed by atoms with van der Waals surface area (Å²) in [7, 11) is 1.70. The van der Waals surface area contributed by atoms with E-state index in [-0.39, 0.29) is 33.9 Å². The van der Waals surface area contributed by atoms with Gasteiger partial charge in [-0.25, -0.2) is 9.18 Å². The van der Waals surface area contributed by atoms with E-state index in [1.165, 1.54) is 23.1 Å². The fourth-order valence-electron chi connectivity index (χ4n) is 3.62. The summed E-state index contributed by atoms with van der Waals surface area (Å²) < 4.78 is 54.3. The first-order chi connectivity index (χ1) is 17.4. The first kappa shape index (κ1) is 26.1. The van der Waals surface area contributed by atoms with E-state index in [0.717, 1.165) is 16.8 Å². The average molecular weight is 535 g/mol. The fraction of sp³-hybridized carbons (Fsp3) is 0.292. The Morgan fingerprint density at radius 1 is 1.22 bits per heavy atom. The molecule has 1 N–H and O–H groups in total. The monoisotopic (exact) mass is 534 g/mol. The molecule has 0 fully saturated rings. The SMILES string of the molecule is Cn1cc(-c2nn(C(=O)OC(C)(C)C)c3cnc(-c4c(F)cc(C(=N)CCl)cc4OC(F)F)cc23)cn1. The highest BCUT2D eigenvalue weighted by molar-refractivity contribution is 6.31. The highest BCUT2D eigenvalue weighted by Gasteiger charge is 2.26. The Labute approximate surface area is 214 Å². The van der Waals surface area contributed by atoms with Gasteiger partial charge in [-0.05, 0) is 39.0 Å². The molecule has 4 rings (SSSR count). The van der Waals surface area contributed by atoms with Crippen molar-refractivity contribution in [2.45, 2.75) is 33.0 Å². The standard InChI is InChI=1S/C24H22ClF3N6O3/c1-24(2,3)37-23(35)34-18-10-30-17(7-14(18)21(32-34)13-9-31-33(4)11-13)20-15(26)5-12(16(29)8-25)6-19(20)36-22(27)28/h5-7,9-11,22,29H,8H2,1-4H3. The van der Waals surface area contributed by atoms with Gasteiger partial charge in [0.1, 0.15) is 22.9 Å². The number of rotatable bonds is 6. The molecule has 0 amide bonds. The number of ether oxygens (including phenoxy) is 2. The Balaban J connectivity index is 1.95. The highest BCUT2D eigenvalue weighted by atomic mass is 35.5. The number of aromatic nitrogens is 5. The number of alkyl halides is 3. The zero-order chi connectivity index (χ0) is 27.1. The van der Waals surface area contributed by atoms with Gasteiger partial charge in [-0.2, -0.15) is 23.7 Å². The van der Waals surface area contributed by atoms with Gasteiger partial charge in [0.05, 0.1) is 40.8 Å². The van der Waals surface area contributed by atoms with Crippen molar-refractivity contribution in [3.05, 3.63) is 48.2 Å². The first-order valence-corrected chi connectivity index (χ1v) is 11.4. The number of hydrogen-bond acceptors (Lipinski definition) is 7. The molecule has 0 saturated carbocycles. The number of carbonyl (C=O) groups excluding carboxylic acids is 1. The number of nitrogens with zero attached hydrogens (tertiary/aromatic N) is 5. The van der Waals surface area contributed by atoms with Crippen LogP contribution in [0.4, 0.5) is 18.0 Å². The van der Waals surface area contributed by atoms with Gasteiger partial charge >= 0.3 is 12.7 Å². The third kappa shape index (κ3) is 5.43. The predicted molar refractivity (Wildman–Crippen MR) is 131 cm³/mol. The van der Waals surface area contributed by atoms with E-state index in [1.54, 1.807) is 34.0 Å². The van der Waals surface area contributed by atoms with Crippen LogP contribution in [0.3, 0.4) is 0 Å². The largest absolute Gasteiger partial charge is 0.442 e. The average Bonchev–Trinajstić information content (AvgIpc) is 3.39. The molecule has 0 saturated heterocycles. The van der Waals surface area contributed by atoms with Crippen LogP contribution in [0.2, 0.25) is 0 Å². The minimum atomic E-state index is -3.26. The van der Waals surface area contributed by atoms with E-state index in [1.807, 2.05) is 0 Å². The second-order valence-corrected chi connectivity index (χ2v) is 9.32. The molecular formula is C24H22ClF3N6O3. The van der Waals surface area contributed by atoms with Gasteiger partial charge < -0.3 is 14.9 Å². The lowest BCUT2D eigenvalue weighted by atomic mass is 10.0. The summed E-state index contributed by atoms with van der Waals surface area (Å²) in [6.45, 7) is 1.85. The van der Waals surface area contributed by atoms with Crippen LogP contribution < -0.4 is 4.74 Å². The molecule has 9 nitrogen and oxygen atoms in total. The van der Waals surface area contributed by atoms with Crippen molar-refractivity contribution in [2.24, 2.45) is 7.05 Å². The van der Waals surface area contributed by atoms with Crippen molar-refractivity contribution in [3.8, 4) is 28.3 Å². The smallest absolute Gasteiger partial charge is 0.435 e. The molecule has 0 aliphatic heterocycles. The number of aryl methyl sites for hydroxylation is 1. The topological polar surface area (TPSA) is 108 Å². The number of fused-ring (bicyclic) bond motifs is 1. The Kier molecular flexibility index (Phi) is 6.96. The molecule has 0 radical (unpaired) electrons. The third-order valence-corrected chi connectivity index (χ3v) is 5.39. The molecule has 0 aliphatic rings. The van der Waals surface area contributed by atoms with Crippen LogP contribution in [0.15, 0.2) is 36.8 Å². The van der Waals surface area contributed by atoms with Crippen LogP contribution in [-0.4, -0.2) is 54.4 Å². The second kappa shape index (κ2) is 9.85. The molecule has 0 bridgehead atoms. The zero-order valence-corrected chi connectivity index (χ0v) is 21.0. The number of carbonyl (C=O) groups is 1. The number of benzene rings is 1. The fourth-order valence-corrected chi connectivity index (χ4v) is 3.78. The van der Waals surface area contributed by atoms with Crippen molar-refractivity contribution in [3.63, 3.8) is 0 Å². The van der Waals surface area contributed by atoms with Crippen LogP contribution >= 0.6 is 11.6 Å². The van der Waals surface area contributed by atoms with Gasteiger partial charge in [-0.3, -0.25) is 9.67 Å². The molecule has 37 heavy (non-hydrogen) atoms. The van der Waals surface area contributed by atoms with E-state index in [4.69, 9.17) is 21.7 Å². The summed E-state index contributed by atoms with van der Waals surface area (Å²) in [6, 6.07) is 3.51. The molecule has 0 aliphatic carbocycles. The van der Waals surface area contributed by atoms with Crippen LogP contribution in [0.25, 0.3) is 33.4 Å². The molecule has 0 spiro atoms. The van der Waals surface area contributed by atoms with Gasteiger partial charge in [-0.15, -0.1) is 11.6 Å². The van der Waals surface area contributed by atoms with E-state index in [0.29, 0.717) is 16.6 Å². The van der Waals surface area contributed by atoms with Crippen LogP contribution in [0.1, 0.15) is 26.3 Å². The van der Waals surface area contributed by atoms with Crippen molar-refractivity contribution < 1.29 is 27.4 Å². The maximum atomic E-state index is 15.3. The Morgan fingerprint density at radius 2 is 1.95 bits per heavy atom. The van der Waals surface area contributed by atoms with Crippen LogP contribution in [0, 0.1) is 11.2 Å². The molecule has 0 atom stereocenters. The molecule has 3 aromatic heterocycles. The first-order valence-electron chi connectivity index (χ1n) is 10.9. The molecule has 4 aromatic rings. The van der Waals surface area contributed by atoms with E-state index in [9.17, 15) is 13.6 Å². The van der Waals surface area contributed by atoms with Gasteiger partial charge in [0, 0.05) is 29.8 Å². The summed E-state index contributed by atoms with van der Waals surface area (Å²) >= 11 is 5.66. The summed E-state index contributed by atoms with van der Waals surface area (Å²) in [5.41, 5.74) is -0.297. The number of pyridine rings is 1. The summed E-state index contributed by atoms with van der Waals surface area (Å²) in [5.74, 6) is -1.72. The van der Waals surface area contributed by atoms with E-state index >= 15 is 4.39 Å². The lowest BCUT2D eigenvalue weighted by molar-refractivity contribution is -0.0496. The Morgan fingerprint density at radius 3 is 2.54 bits per heavy atom. The normalized spacial score (nSPS) is 11.8. The molecule has 1 aromatic carbocycles. The van der Waals surface area contributed by atoms with Gasteiger partial charge in [-0.1, -0.05) is 0 Å². The predicted octanol–water partition coefficient (Wildman–Crippen LogP) is 5.63. The quantitative estimate of drug-likeness (QED) is 0.254. The lowest BCUT2D eigenvalue weighted by Gasteiger charge is -2.19. The van der Waals surface area contributed by atoms with Crippen molar-refractivity contribution >= 4 is 34.3 Å². The minimum Gasteiger partial charge on any atom is -0.442 e. The zero-order valence-electron chi connectivity index (χ0n) is 20.2. The lowest BCUT2D eigenvalue weighted by Crippen LogP contribution is -2.27. The number of nitrogens with one attached hydrogen (secondary N) is 1. The number of halogens is 4. The van der Waals surface area contributed by atoms with E-state index < -0.39 is 29.9 Å². The van der Waals surface area contributed by atoms with Gasteiger partial charge in [0.15, 0.2) is 0 Å². The third-order valence-electron chi connectivity index (χ3n) is 5.12. The summed E-state index contributed by atoms with van der Waals surface area (Å²) in [4.78, 5) is 17.1. The van der Waals surface area contributed by atoms with E-state index in [2.05, 4.69) is 19.9 Å². The van der Waals surface area contributed by atoms with Crippen molar-refractivity contribution in [1.29, 1.82) is 5.41 Å². The van der Waals surface area contributed by atoms with Crippen LogP contribution in [-0.2, 0) is 11.8 Å². The Hall–Kier alpha value is -3.93. The molecule has 0 unspecified atom stereocenters. The maximum Gasteiger partial charge on any atom is 0.435 e. The van der Waals surface area contributed by atoms with Crippen molar-refractivity contribution in [2.75, 3.05) is 5.88 Å². The second-order valence-electron chi connectivity index (χ2n) is 9.05. The minimum absolute atomic E-state index is 0.0122. The van der Waals surface area contributed by atoms with Gasteiger partial charge in [0.25, 0.3) is 0 Å². The molecule has 13 heteroatoms. The maximum absolute atomic E-state index is 15.3. The van der Waals surface area contributed by atoms with Gasteiger partial charge in [0.2, 0.25) is 0 Å². The number of hydrogen-bond donors (Lipinski definition) is 1. The van der Waals surface area contributed by atoms with Crippen LogP contribution in [0.5, 0.6) is 5.75 Å². The molecule has 3 heterocycles. The molecule has 194 valence electrons. The summed E-state index contributed by atoms with van der Waals surface area (Å²) in [6.07, 6.45) is 3.69.